The smallest absolute Gasteiger partial charge is 0.00561 e. The van der Waals surface area contributed by atoms with Crippen LogP contribution in [0.4, 0.5) is 0 Å². The molecule has 0 saturated carbocycles. The Morgan fingerprint density at radius 3 is 2.59 bits per heavy atom. The summed E-state index contributed by atoms with van der Waals surface area (Å²) < 4.78 is 0. The zero-order chi connectivity index (χ0) is 12.7. The maximum Gasteiger partial charge on any atom is -0.00561 e. The predicted molar refractivity (Wildman–Crippen MR) is 77.3 cm³/mol. The van der Waals surface area contributed by atoms with E-state index in [-0.39, 0.29) is 0 Å². The quantitative estimate of drug-likeness (QED) is 0.765. The first-order valence-corrected chi connectivity index (χ1v) is 5.67. The van der Waals surface area contributed by atoms with Crippen LogP contribution in [0.1, 0.15) is 25.0 Å². The van der Waals surface area contributed by atoms with E-state index in [1.54, 1.807) is 12.3 Å². The van der Waals surface area contributed by atoms with Crippen molar-refractivity contribution in [1.82, 2.24) is 0 Å². The zero-order valence-corrected chi connectivity index (χ0v) is 10.5. The van der Waals surface area contributed by atoms with Gasteiger partial charge in [-0.2, -0.15) is 0 Å². The lowest BCUT2D eigenvalue weighted by molar-refractivity contribution is 1.51. The summed E-state index contributed by atoms with van der Waals surface area (Å²) in [5, 5.41) is 0. The number of benzene rings is 1. The molecule has 0 amide bonds. The summed E-state index contributed by atoms with van der Waals surface area (Å²) in [7, 11) is 0. The van der Waals surface area contributed by atoms with Gasteiger partial charge in [-0.05, 0) is 54.5 Å². The van der Waals surface area contributed by atoms with Gasteiger partial charge in [-0.3, -0.25) is 0 Å². The zero-order valence-electron chi connectivity index (χ0n) is 10.5. The Balaban J connectivity index is 3.22. The van der Waals surface area contributed by atoms with Crippen LogP contribution in [-0.2, 0) is 0 Å². The summed E-state index contributed by atoms with van der Waals surface area (Å²) in [6, 6.07) is 8.39. The molecule has 0 atom stereocenters. The number of hydrogen-bond acceptors (Lipinski definition) is 1. The molecule has 1 rings (SSSR count). The van der Waals surface area contributed by atoms with E-state index in [9.17, 15) is 0 Å². The van der Waals surface area contributed by atoms with Crippen LogP contribution in [0.15, 0.2) is 61.3 Å². The van der Waals surface area contributed by atoms with Gasteiger partial charge in [0.25, 0.3) is 0 Å². The first kappa shape index (κ1) is 13.0. The molecule has 0 aliphatic rings. The predicted octanol–water partition coefficient (Wildman–Crippen LogP) is 4.15. The molecule has 0 saturated heterocycles. The Labute approximate surface area is 104 Å². The molecule has 1 nitrogen and oxygen atoms in total. The van der Waals surface area contributed by atoms with Gasteiger partial charge in [-0.1, -0.05) is 43.0 Å². The topological polar surface area (TPSA) is 26.0 Å². The third kappa shape index (κ3) is 3.49. The summed E-state index contributed by atoms with van der Waals surface area (Å²) in [6.45, 7) is 7.87. The van der Waals surface area contributed by atoms with Gasteiger partial charge >= 0.3 is 0 Å². The van der Waals surface area contributed by atoms with Gasteiger partial charge in [0.1, 0.15) is 0 Å². The molecule has 0 fully saturated rings. The van der Waals surface area contributed by atoms with Crippen molar-refractivity contribution in [2.24, 2.45) is 5.73 Å². The van der Waals surface area contributed by atoms with Crippen molar-refractivity contribution in [3.8, 4) is 0 Å². The van der Waals surface area contributed by atoms with Gasteiger partial charge in [0, 0.05) is 0 Å². The molecular formula is C16H19N. The number of nitrogens with two attached hydrogens (primary N) is 1. The molecule has 1 aromatic carbocycles. The standard InChI is InChI=1S/C16H19N/c1-4-7-14(10-11-17)16-9-6-8-15(12-16)13(3)5-2/h4-12H,1,17H2,2-3H3/b11-10-,13-5+,14-7+. The third-order valence-corrected chi connectivity index (χ3v) is 2.66. The Bertz CT molecular complexity index is 476. The van der Waals surface area contributed by atoms with Crippen LogP contribution in [0.5, 0.6) is 0 Å². The molecule has 0 heterocycles. The van der Waals surface area contributed by atoms with Crippen LogP contribution in [0.2, 0.25) is 0 Å². The summed E-state index contributed by atoms with van der Waals surface area (Å²) in [6.07, 6.45) is 9.25. The molecule has 88 valence electrons. The third-order valence-electron chi connectivity index (χ3n) is 2.66. The van der Waals surface area contributed by atoms with E-state index in [0.717, 1.165) is 11.1 Å². The van der Waals surface area contributed by atoms with Crippen LogP contribution in [0, 0.1) is 0 Å². The van der Waals surface area contributed by atoms with Crippen molar-refractivity contribution < 1.29 is 0 Å². The van der Waals surface area contributed by atoms with Crippen molar-refractivity contribution in [1.29, 1.82) is 0 Å². The molecule has 0 aliphatic carbocycles. The van der Waals surface area contributed by atoms with Crippen LogP contribution >= 0.6 is 0 Å². The number of allylic oxidation sites excluding steroid dienone is 6. The SMILES string of the molecule is C=C/C=C(\C=C/N)c1cccc(/C(C)=C/C)c1. The second kappa shape index (κ2) is 6.54. The van der Waals surface area contributed by atoms with Gasteiger partial charge in [0.15, 0.2) is 0 Å². The highest BCUT2D eigenvalue weighted by molar-refractivity contribution is 5.77. The first-order valence-electron chi connectivity index (χ1n) is 5.67. The molecule has 0 unspecified atom stereocenters. The largest absolute Gasteiger partial charge is 0.405 e. The second-order valence-corrected chi connectivity index (χ2v) is 3.77. The fourth-order valence-corrected chi connectivity index (χ4v) is 1.59. The van der Waals surface area contributed by atoms with Crippen molar-refractivity contribution in [3.05, 3.63) is 72.5 Å². The molecule has 0 bridgehead atoms. The Morgan fingerprint density at radius 2 is 2.00 bits per heavy atom. The summed E-state index contributed by atoms with van der Waals surface area (Å²) in [5.41, 5.74) is 10.2. The van der Waals surface area contributed by atoms with Gasteiger partial charge in [-0.25, -0.2) is 0 Å². The van der Waals surface area contributed by atoms with Gasteiger partial charge in [0.05, 0.1) is 0 Å². The summed E-state index contributed by atoms with van der Waals surface area (Å²) >= 11 is 0. The maximum atomic E-state index is 5.45. The monoisotopic (exact) mass is 225 g/mol. The molecule has 0 spiro atoms. The highest BCUT2D eigenvalue weighted by atomic mass is 14.5. The van der Waals surface area contributed by atoms with E-state index >= 15 is 0 Å². The lowest BCUT2D eigenvalue weighted by Crippen LogP contribution is -1.86. The van der Waals surface area contributed by atoms with Gasteiger partial charge in [-0.15, -0.1) is 0 Å². The van der Waals surface area contributed by atoms with Crippen molar-refractivity contribution in [2.75, 3.05) is 0 Å². The summed E-state index contributed by atoms with van der Waals surface area (Å²) in [4.78, 5) is 0. The van der Waals surface area contributed by atoms with E-state index in [1.807, 2.05) is 19.1 Å². The van der Waals surface area contributed by atoms with Crippen molar-refractivity contribution in [3.63, 3.8) is 0 Å². The van der Waals surface area contributed by atoms with E-state index in [4.69, 9.17) is 5.73 Å². The first-order chi connectivity index (χ1) is 8.22. The fraction of sp³-hybridized carbons (Fsp3) is 0.125. The molecule has 1 heteroatoms. The Kier molecular flexibility index (Phi) is 5.02. The minimum absolute atomic E-state index is 1.06. The Morgan fingerprint density at radius 1 is 1.29 bits per heavy atom. The van der Waals surface area contributed by atoms with Crippen molar-refractivity contribution in [2.45, 2.75) is 13.8 Å². The highest BCUT2D eigenvalue weighted by Crippen LogP contribution is 2.21. The molecular weight excluding hydrogens is 206 g/mol. The molecule has 0 aromatic heterocycles. The lowest BCUT2D eigenvalue weighted by Gasteiger charge is -2.06. The van der Waals surface area contributed by atoms with Crippen LogP contribution in [0.25, 0.3) is 11.1 Å². The van der Waals surface area contributed by atoms with Crippen LogP contribution < -0.4 is 5.73 Å². The van der Waals surface area contributed by atoms with Crippen LogP contribution in [0.3, 0.4) is 0 Å². The summed E-state index contributed by atoms with van der Waals surface area (Å²) in [5.74, 6) is 0. The molecule has 0 radical (unpaired) electrons. The van der Waals surface area contributed by atoms with E-state index in [0.29, 0.717) is 0 Å². The van der Waals surface area contributed by atoms with E-state index in [1.165, 1.54) is 11.1 Å². The van der Waals surface area contributed by atoms with Gasteiger partial charge < -0.3 is 5.73 Å². The molecule has 17 heavy (non-hydrogen) atoms. The fourth-order valence-electron chi connectivity index (χ4n) is 1.59. The molecule has 2 N–H and O–H groups in total. The molecule has 0 aliphatic heterocycles. The average Bonchev–Trinajstić information content (AvgIpc) is 2.37. The van der Waals surface area contributed by atoms with Crippen molar-refractivity contribution >= 4 is 11.1 Å². The number of hydrogen-bond donors (Lipinski definition) is 1. The van der Waals surface area contributed by atoms with E-state index in [2.05, 4.69) is 43.8 Å². The minimum atomic E-state index is 1.06. The highest BCUT2D eigenvalue weighted by Gasteiger charge is 2.00. The second-order valence-electron chi connectivity index (χ2n) is 3.77. The molecule has 1 aromatic rings. The van der Waals surface area contributed by atoms with Gasteiger partial charge in [0.2, 0.25) is 0 Å². The average molecular weight is 225 g/mol. The Hall–Kier alpha value is -2.02. The van der Waals surface area contributed by atoms with Crippen LogP contribution in [-0.4, -0.2) is 0 Å². The number of rotatable bonds is 4. The lowest BCUT2D eigenvalue weighted by atomic mass is 9.99. The normalized spacial score (nSPS) is 13.1. The minimum Gasteiger partial charge on any atom is -0.405 e. The maximum absolute atomic E-state index is 5.45. The van der Waals surface area contributed by atoms with E-state index < -0.39 is 0 Å².